The first-order chi connectivity index (χ1) is 21.9. The maximum Gasteiger partial charge on any atom is 0.305 e. The fourth-order valence-electron chi connectivity index (χ4n) is 5.42. The van der Waals surface area contributed by atoms with Gasteiger partial charge in [0.05, 0.1) is 13.2 Å². The fraction of sp³-hybridized carbons (Fsp3) is 0.854. The molecule has 0 unspecified atom stereocenters. The summed E-state index contributed by atoms with van der Waals surface area (Å²) in [6.07, 6.45) is 42.9. The highest BCUT2D eigenvalue weighted by Gasteiger charge is 2.22. The summed E-state index contributed by atoms with van der Waals surface area (Å²) >= 11 is 0. The van der Waals surface area contributed by atoms with Crippen molar-refractivity contribution in [1.82, 2.24) is 0 Å². The first kappa shape index (κ1) is 43.4. The number of ether oxygens (including phenoxy) is 2. The Bertz CT molecular complexity index is 650. The van der Waals surface area contributed by atoms with E-state index in [2.05, 4.69) is 38.2 Å². The zero-order chi connectivity index (χ0) is 33.1. The number of esters is 2. The van der Waals surface area contributed by atoms with Crippen molar-refractivity contribution in [3.8, 4) is 0 Å². The molecule has 45 heavy (non-hydrogen) atoms. The minimum absolute atomic E-state index is 0.154. The maximum atomic E-state index is 12.2. The third-order valence-corrected chi connectivity index (χ3v) is 8.53. The fourth-order valence-corrected chi connectivity index (χ4v) is 5.42. The van der Waals surface area contributed by atoms with Gasteiger partial charge < -0.3 is 9.47 Å². The van der Waals surface area contributed by atoms with Crippen molar-refractivity contribution in [3.63, 3.8) is 0 Å². The maximum absolute atomic E-state index is 12.2. The van der Waals surface area contributed by atoms with Crippen molar-refractivity contribution in [2.75, 3.05) is 13.2 Å². The topological polar surface area (TPSA) is 52.6 Å². The van der Waals surface area contributed by atoms with Crippen LogP contribution in [0.3, 0.4) is 0 Å². The summed E-state index contributed by atoms with van der Waals surface area (Å²) in [5.74, 6) is -0.308. The number of rotatable bonds is 34. The van der Waals surface area contributed by atoms with E-state index in [1.54, 1.807) is 0 Å². The minimum Gasteiger partial charge on any atom is -0.465 e. The van der Waals surface area contributed by atoms with Crippen LogP contribution < -0.4 is 0 Å². The van der Waals surface area contributed by atoms with E-state index in [1.807, 2.05) is 13.8 Å². The molecule has 0 bridgehead atoms. The van der Waals surface area contributed by atoms with Crippen LogP contribution in [-0.4, -0.2) is 25.2 Å². The predicted octanol–water partition coefficient (Wildman–Crippen LogP) is 13.2. The number of hydrogen-bond acceptors (Lipinski definition) is 4. The van der Waals surface area contributed by atoms with E-state index in [0.717, 1.165) is 38.5 Å². The second kappa shape index (κ2) is 33.8. The zero-order valence-corrected chi connectivity index (χ0v) is 30.7. The van der Waals surface area contributed by atoms with Crippen molar-refractivity contribution in [1.29, 1.82) is 0 Å². The highest BCUT2D eigenvalue weighted by Crippen LogP contribution is 2.18. The smallest absolute Gasteiger partial charge is 0.305 e. The van der Waals surface area contributed by atoms with Gasteiger partial charge in [-0.3, -0.25) is 9.59 Å². The summed E-state index contributed by atoms with van der Waals surface area (Å²) in [4.78, 5) is 24.4. The summed E-state index contributed by atoms with van der Waals surface area (Å²) in [6.45, 7) is 9.05. The molecule has 0 aliphatic carbocycles. The van der Waals surface area contributed by atoms with Gasteiger partial charge in [-0.1, -0.05) is 155 Å². The Balaban J connectivity index is 3.60. The molecule has 4 heteroatoms. The average Bonchev–Trinajstić information content (AvgIpc) is 3.03. The molecule has 0 amide bonds. The highest BCUT2D eigenvalue weighted by molar-refractivity contribution is 5.69. The molecule has 0 N–H and O–H groups in total. The lowest BCUT2D eigenvalue weighted by atomic mass is 9.96. The Morgan fingerprint density at radius 2 is 0.689 bits per heavy atom. The molecular formula is C41H76O4. The molecule has 0 aromatic rings. The number of unbranched alkanes of at least 4 members (excludes halogenated alkanes) is 22. The number of carbonyl (C=O) groups excluding carboxylic acids is 2. The quantitative estimate of drug-likeness (QED) is 0.0402. The standard InChI is InChI=1S/C41H76O4/c1-5-7-9-11-13-15-17-19-21-23-25-27-29-31-33-35-39(42)44-37-41(3,4)38-45-40(43)36-34-32-30-28-26-24-22-20-18-16-14-12-10-8-6-2/h25-28H,5-24,29-38H2,1-4H3/b27-25-,28-26-. The summed E-state index contributed by atoms with van der Waals surface area (Å²) < 4.78 is 11.0. The van der Waals surface area contributed by atoms with Gasteiger partial charge in [0.25, 0.3) is 0 Å². The lowest BCUT2D eigenvalue weighted by Gasteiger charge is -2.23. The van der Waals surface area contributed by atoms with Crippen LogP contribution in [0.1, 0.15) is 207 Å². The molecule has 0 spiro atoms. The molecule has 0 radical (unpaired) electrons. The van der Waals surface area contributed by atoms with Crippen LogP contribution in [0.2, 0.25) is 0 Å². The first-order valence-electron chi connectivity index (χ1n) is 19.5. The summed E-state index contributed by atoms with van der Waals surface area (Å²) in [5, 5.41) is 0. The first-order valence-corrected chi connectivity index (χ1v) is 19.5. The van der Waals surface area contributed by atoms with Crippen LogP contribution in [0.5, 0.6) is 0 Å². The Morgan fingerprint density at radius 3 is 1.00 bits per heavy atom. The van der Waals surface area contributed by atoms with Crippen LogP contribution in [0.25, 0.3) is 0 Å². The average molecular weight is 633 g/mol. The molecule has 264 valence electrons. The van der Waals surface area contributed by atoms with Crippen molar-refractivity contribution in [2.45, 2.75) is 207 Å². The van der Waals surface area contributed by atoms with Crippen molar-refractivity contribution < 1.29 is 19.1 Å². The lowest BCUT2D eigenvalue weighted by Crippen LogP contribution is -2.28. The van der Waals surface area contributed by atoms with Gasteiger partial charge in [-0.05, 0) is 64.2 Å². The van der Waals surface area contributed by atoms with Gasteiger partial charge in [0.1, 0.15) is 0 Å². The molecule has 0 aliphatic heterocycles. The molecule has 0 rings (SSSR count). The van der Waals surface area contributed by atoms with Crippen LogP contribution in [-0.2, 0) is 19.1 Å². The van der Waals surface area contributed by atoms with E-state index in [4.69, 9.17) is 9.47 Å². The molecule has 0 fully saturated rings. The second-order valence-electron chi connectivity index (χ2n) is 14.2. The van der Waals surface area contributed by atoms with Gasteiger partial charge in [-0.25, -0.2) is 0 Å². The molecule has 4 nitrogen and oxygen atoms in total. The third kappa shape index (κ3) is 35.1. The molecule has 0 atom stereocenters. The molecule has 0 saturated carbocycles. The van der Waals surface area contributed by atoms with E-state index in [-0.39, 0.29) is 30.6 Å². The monoisotopic (exact) mass is 633 g/mol. The van der Waals surface area contributed by atoms with E-state index in [0.29, 0.717) is 12.8 Å². The van der Waals surface area contributed by atoms with Gasteiger partial charge in [-0.15, -0.1) is 0 Å². The van der Waals surface area contributed by atoms with Crippen molar-refractivity contribution in [3.05, 3.63) is 24.3 Å². The van der Waals surface area contributed by atoms with E-state index < -0.39 is 0 Å². The number of hydrogen-bond donors (Lipinski definition) is 0. The third-order valence-electron chi connectivity index (χ3n) is 8.53. The Morgan fingerprint density at radius 1 is 0.422 bits per heavy atom. The van der Waals surface area contributed by atoms with Gasteiger partial charge >= 0.3 is 11.9 Å². The summed E-state index contributed by atoms with van der Waals surface area (Å²) in [7, 11) is 0. The van der Waals surface area contributed by atoms with Crippen LogP contribution in [0, 0.1) is 5.41 Å². The SMILES string of the molecule is CCCCCCCCCCC/C=C\CCCCC(=O)OCC(C)(C)COC(=O)CCCC/C=C\CCCCCCCCCCC. The molecule has 0 heterocycles. The molecule has 0 aliphatic rings. The van der Waals surface area contributed by atoms with Crippen LogP contribution in [0.15, 0.2) is 24.3 Å². The largest absolute Gasteiger partial charge is 0.465 e. The Kier molecular flexibility index (Phi) is 32.6. The second-order valence-corrected chi connectivity index (χ2v) is 14.2. The van der Waals surface area contributed by atoms with Crippen LogP contribution >= 0.6 is 0 Å². The van der Waals surface area contributed by atoms with Crippen molar-refractivity contribution >= 4 is 11.9 Å². The molecule has 0 aromatic heterocycles. The Labute approximate surface area is 281 Å². The van der Waals surface area contributed by atoms with Gasteiger partial charge in [0, 0.05) is 18.3 Å². The molecule has 0 saturated heterocycles. The Hall–Kier alpha value is -1.58. The number of allylic oxidation sites excluding steroid dienone is 4. The molecule has 0 aromatic carbocycles. The van der Waals surface area contributed by atoms with Gasteiger partial charge in [-0.2, -0.15) is 0 Å². The normalized spacial score (nSPS) is 12.0. The van der Waals surface area contributed by atoms with Gasteiger partial charge in [0.2, 0.25) is 0 Å². The summed E-state index contributed by atoms with van der Waals surface area (Å²) in [6, 6.07) is 0. The highest BCUT2D eigenvalue weighted by atomic mass is 16.5. The van der Waals surface area contributed by atoms with E-state index in [1.165, 1.54) is 128 Å². The summed E-state index contributed by atoms with van der Waals surface area (Å²) in [5.41, 5.74) is -0.374. The van der Waals surface area contributed by atoms with Gasteiger partial charge in [0.15, 0.2) is 0 Å². The lowest BCUT2D eigenvalue weighted by molar-refractivity contribution is -0.152. The predicted molar refractivity (Wildman–Crippen MR) is 195 cm³/mol. The molecular weight excluding hydrogens is 556 g/mol. The van der Waals surface area contributed by atoms with Crippen molar-refractivity contribution in [2.24, 2.45) is 5.41 Å². The number of carbonyl (C=O) groups is 2. The zero-order valence-electron chi connectivity index (χ0n) is 30.7. The minimum atomic E-state index is -0.374. The van der Waals surface area contributed by atoms with Crippen LogP contribution in [0.4, 0.5) is 0 Å². The van der Waals surface area contributed by atoms with E-state index in [9.17, 15) is 9.59 Å². The van der Waals surface area contributed by atoms with E-state index >= 15 is 0 Å².